The van der Waals surface area contributed by atoms with Crippen LogP contribution in [0.3, 0.4) is 0 Å². The Morgan fingerprint density at radius 3 is 2.81 bits per heavy atom. The third-order valence-electron chi connectivity index (χ3n) is 4.11. The van der Waals surface area contributed by atoms with Crippen molar-refractivity contribution in [1.29, 1.82) is 0 Å². The van der Waals surface area contributed by atoms with E-state index < -0.39 is 6.10 Å². The van der Waals surface area contributed by atoms with Crippen molar-refractivity contribution < 1.29 is 19.0 Å². The van der Waals surface area contributed by atoms with Crippen molar-refractivity contribution in [3.8, 4) is 0 Å². The molecular weight excluding hydrogens is 464 g/mol. The fourth-order valence-corrected chi connectivity index (χ4v) is 2.68. The summed E-state index contributed by atoms with van der Waals surface area (Å²) in [6.45, 7) is 5.83. The van der Waals surface area contributed by atoms with E-state index in [1.165, 1.54) is 12.1 Å². The van der Waals surface area contributed by atoms with Crippen molar-refractivity contribution >= 4 is 29.9 Å². The minimum absolute atomic E-state index is 0. The van der Waals surface area contributed by atoms with Crippen LogP contribution in [0.15, 0.2) is 29.3 Å². The van der Waals surface area contributed by atoms with Gasteiger partial charge < -0.3 is 25.2 Å². The van der Waals surface area contributed by atoms with E-state index in [1.54, 1.807) is 12.1 Å². The van der Waals surface area contributed by atoms with Crippen LogP contribution in [-0.4, -0.2) is 56.6 Å². The highest BCUT2D eigenvalue weighted by atomic mass is 127. The molecule has 2 unspecified atom stereocenters. The third-order valence-corrected chi connectivity index (χ3v) is 4.11. The van der Waals surface area contributed by atoms with Crippen LogP contribution in [0.2, 0.25) is 0 Å². The molecule has 154 valence electrons. The molecule has 0 amide bonds. The van der Waals surface area contributed by atoms with Gasteiger partial charge in [0.05, 0.1) is 25.4 Å². The predicted molar refractivity (Wildman–Crippen MR) is 115 cm³/mol. The molecule has 27 heavy (non-hydrogen) atoms. The molecule has 1 aromatic carbocycles. The number of rotatable bonds is 10. The zero-order valence-electron chi connectivity index (χ0n) is 15.8. The second-order valence-corrected chi connectivity index (χ2v) is 6.28. The number of benzene rings is 1. The van der Waals surface area contributed by atoms with Crippen LogP contribution in [0.4, 0.5) is 4.39 Å². The fourth-order valence-electron chi connectivity index (χ4n) is 2.68. The maximum absolute atomic E-state index is 12.9. The summed E-state index contributed by atoms with van der Waals surface area (Å²) in [5.41, 5.74) is 0.647. The van der Waals surface area contributed by atoms with Crippen LogP contribution >= 0.6 is 24.0 Å². The fraction of sp³-hybridized carbons (Fsp3) is 0.632. The average Bonchev–Trinajstić information content (AvgIpc) is 3.16. The van der Waals surface area contributed by atoms with Gasteiger partial charge >= 0.3 is 0 Å². The lowest BCUT2D eigenvalue weighted by atomic mass is 10.1. The van der Waals surface area contributed by atoms with Gasteiger partial charge in [-0.3, -0.25) is 4.99 Å². The maximum Gasteiger partial charge on any atom is 0.191 e. The number of aliphatic imine (C=N–C) groups is 1. The second-order valence-electron chi connectivity index (χ2n) is 6.28. The first-order valence-electron chi connectivity index (χ1n) is 9.34. The average molecular weight is 495 g/mol. The number of halogens is 2. The Morgan fingerprint density at radius 1 is 1.37 bits per heavy atom. The topological polar surface area (TPSA) is 75.1 Å². The summed E-state index contributed by atoms with van der Waals surface area (Å²) in [6, 6.07) is 5.81. The number of nitrogens with one attached hydrogen (secondary N) is 2. The molecule has 1 aliphatic heterocycles. The van der Waals surface area contributed by atoms with Crippen molar-refractivity contribution in [2.75, 3.05) is 39.5 Å². The minimum Gasteiger partial charge on any atom is -0.386 e. The maximum atomic E-state index is 12.9. The number of hydrogen-bond acceptors (Lipinski definition) is 4. The molecule has 1 fully saturated rings. The zero-order valence-corrected chi connectivity index (χ0v) is 18.2. The van der Waals surface area contributed by atoms with Gasteiger partial charge in [-0.25, -0.2) is 4.39 Å². The van der Waals surface area contributed by atoms with Gasteiger partial charge in [0.1, 0.15) is 5.82 Å². The van der Waals surface area contributed by atoms with E-state index in [0.29, 0.717) is 24.7 Å². The Balaban J connectivity index is 0.00000364. The number of ether oxygens (including phenoxy) is 2. The minimum atomic E-state index is -0.763. The number of aliphatic hydroxyl groups excluding tert-OH is 1. The molecule has 8 heteroatoms. The molecule has 2 rings (SSSR count). The molecule has 1 saturated heterocycles. The van der Waals surface area contributed by atoms with Crippen molar-refractivity contribution in [2.24, 2.45) is 4.99 Å². The normalized spacial score (nSPS) is 18.0. The Bertz CT molecular complexity index is 540. The van der Waals surface area contributed by atoms with Gasteiger partial charge in [0.25, 0.3) is 0 Å². The van der Waals surface area contributed by atoms with Gasteiger partial charge in [0.2, 0.25) is 0 Å². The molecule has 6 nitrogen and oxygen atoms in total. The van der Waals surface area contributed by atoms with E-state index in [2.05, 4.69) is 15.6 Å². The standard InChI is InChI=1S/C19H30FN3O3.HI/c1-2-21-19(22-10-4-11-25-14-17-5-3-12-26-17)23-13-18(24)15-6-8-16(20)9-7-15;/h6-9,17-18,24H,2-5,10-14H2,1H3,(H2,21,22,23);1H. The molecule has 0 bridgehead atoms. The molecule has 0 aromatic heterocycles. The van der Waals surface area contributed by atoms with Crippen molar-refractivity contribution in [1.82, 2.24) is 10.6 Å². The molecule has 0 aliphatic carbocycles. The predicted octanol–water partition coefficient (Wildman–Crippen LogP) is 2.62. The summed E-state index contributed by atoms with van der Waals surface area (Å²) in [7, 11) is 0. The van der Waals surface area contributed by atoms with E-state index in [-0.39, 0.29) is 42.4 Å². The molecule has 1 aromatic rings. The number of nitrogens with zero attached hydrogens (tertiary/aromatic N) is 1. The molecule has 0 radical (unpaired) electrons. The summed E-state index contributed by atoms with van der Waals surface area (Å²) in [5.74, 6) is 0.328. The van der Waals surface area contributed by atoms with Crippen LogP contribution in [0, 0.1) is 5.82 Å². The zero-order chi connectivity index (χ0) is 18.6. The highest BCUT2D eigenvalue weighted by Gasteiger charge is 2.14. The lowest BCUT2D eigenvalue weighted by Gasteiger charge is -2.14. The van der Waals surface area contributed by atoms with Crippen molar-refractivity contribution in [2.45, 2.75) is 38.4 Å². The molecule has 0 saturated carbocycles. The Labute approximate surface area is 177 Å². The monoisotopic (exact) mass is 495 g/mol. The van der Waals surface area contributed by atoms with Gasteiger partial charge in [-0.05, 0) is 43.9 Å². The van der Waals surface area contributed by atoms with E-state index in [9.17, 15) is 9.50 Å². The summed E-state index contributed by atoms with van der Waals surface area (Å²) in [4.78, 5) is 4.38. The van der Waals surface area contributed by atoms with Crippen LogP contribution in [-0.2, 0) is 9.47 Å². The summed E-state index contributed by atoms with van der Waals surface area (Å²) in [6.07, 6.45) is 2.57. The molecule has 0 spiro atoms. The summed E-state index contributed by atoms with van der Waals surface area (Å²) in [5, 5.41) is 16.5. The molecule has 2 atom stereocenters. The smallest absolute Gasteiger partial charge is 0.191 e. The van der Waals surface area contributed by atoms with Crippen LogP contribution in [0.1, 0.15) is 37.9 Å². The summed E-state index contributed by atoms with van der Waals surface area (Å²) < 4.78 is 24.1. The molecular formula is C19H31FIN3O3. The number of hydrogen-bond donors (Lipinski definition) is 3. The lowest BCUT2D eigenvalue weighted by Crippen LogP contribution is -2.38. The van der Waals surface area contributed by atoms with E-state index >= 15 is 0 Å². The first-order valence-corrected chi connectivity index (χ1v) is 9.34. The molecule has 1 aliphatic rings. The van der Waals surface area contributed by atoms with E-state index in [1.807, 2.05) is 6.92 Å². The van der Waals surface area contributed by atoms with Gasteiger partial charge in [-0.1, -0.05) is 12.1 Å². The van der Waals surface area contributed by atoms with Gasteiger partial charge in [-0.2, -0.15) is 0 Å². The van der Waals surface area contributed by atoms with E-state index in [4.69, 9.17) is 9.47 Å². The van der Waals surface area contributed by atoms with Crippen molar-refractivity contribution in [3.63, 3.8) is 0 Å². The molecule has 3 N–H and O–H groups in total. The Morgan fingerprint density at radius 2 is 2.15 bits per heavy atom. The van der Waals surface area contributed by atoms with Crippen LogP contribution in [0.5, 0.6) is 0 Å². The van der Waals surface area contributed by atoms with Crippen molar-refractivity contribution in [3.05, 3.63) is 35.6 Å². The Kier molecular flexibility index (Phi) is 12.6. The largest absolute Gasteiger partial charge is 0.386 e. The first kappa shape index (κ1) is 24.1. The highest BCUT2D eigenvalue weighted by Crippen LogP contribution is 2.13. The van der Waals surface area contributed by atoms with Gasteiger partial charge in [-0.15, -0.1) is 24.0 Å². The Hall–Kier alpha value is -0.970. The SMILES string of the molecule is CCNC(=NCC(O)c1ccc(F)cc1)NCCCOCC1CCCO1.I. The van der Waals surface area contributed by atoms with E-state index in [0.717, 1.165) is 39.0 Å². The lowest BCUT2D eigenvalue weighted by molar-refractivity contribution is 0.0168. The number of aliphatic hydroxyl groups is 1. The third kappa shape index (κ3) is 9.68. The quantitative estimate of drug-likeness (QED) is 0.202. The van der Waals surface area contributed by atoms with Crippen LogP contribution < -0.4 is 10.6 Å². The van der Waals surface area contributed by atoms with Gasteiger partial charge in [0.15, 0.2) is 5.96 Å². The summed E-state index contributed by atoms with van der Waals surface area (Å²) >= 11 is 0. The second kappa shape index (κ2) is 14.1. The highest BCUT2D eigenvalue weighted by molar-refractivity contribution is 14.0. The molecule has 1 heterocycles. The first-order chi connectivity index (χ1) is 12.7. The van der Waals surface area contributed by atoms with Gasteiger partial charge in [0, 0.05) is 26.3 Å². The number of guanidine groups is 1. The van der Waals surface area contributed by atoms with Crippen LogP contribution in [0.25, 0.3) is 0 Å².